The molecule has 0 saturated carbocycles. The Morgan fingerprint density at radius 1 is 0.667 bits per heavy atom. The Balaban J connectivity index is 1.30. The van der Waals surface area contributed by atoms with E-state index >= 15 is 0 Å². The highest BCUT2D eigenvalue weighted by molar-refractivity contribution is 5.57. The Kier molecular flexibility index (Phi) is 4.10. The van der Waals surface area contributed by atoms with Crippen LogP contribution in [-0.2, 0) is 9.47 Å². The smallest absolute Gasteiger partial charge is 0.231 e. The maximum absolute atomic E-state index is 6.25. The number of ether oxygens (including phenoxy) is 8. The summed E-state index contributed by atoms with van der Waals surface area (Å²) in [6, 6.07) is 7.90. The second-order valence-electron chi connectivity index (χ2n) is 7.75. The van der Waals surface area contributed by atoms with Crippen molar-refractivity contribution < 1.29 is 37.9 Å². The molecule has 0 radical (unpaired) electrons. The first-order chi connectivity index (χ1) is 14.8. The fourth-order valence-corrected chi connectivity index (χ4v) is 4.86. The van der Waals surface area contributed by atoms with Crippen LogP contribution in [0.2, 0.25) is 0 Å². The van der Waals surface area contributed by atoms with Crippen LogP contribution in [0.1, 0.15) is 23.3 Å². The Morgan fingerprint density at radius 2 is 1.13 bits per heavy atom. The molecule has 2 aromatic rings. The lowest BCUT2D eigenvalue weighted by Gasteiger charge is -2.18. The second-order valence-corrected chi connectivity index (χ2v) is 7.75. The molecule has 2 saturated heterocycles. The lowest BCUT2D eigenvalue weighted by molar-refractivity contribution is 0.0190. The molecule has 0 aliphatic carbocycles. The molecule has 0 spiro atoms. The van der Waals surface area contributed by atoms with Crippen molar-refractivity contribution in [1.82, 2.24) is 0 Å². The summed E-state index contributed by atoms with van der Waals surface area (Å²) < 4.78 is 45.7. The van der Waals surface area contributed by atoms with E-state index < -0.39 is 0 Å². The topological polar surface area (TPSA) is 73.8 Å². The maximum atomic E-state index is 6.25. The van der Waals surface area contributed by atoms with Crippen LogP contribution in [0.4, 0.5) is 0 Å². The summed E-state index contributed by atoms with van der Waals surface area (Å²) >= 11 is 0. The number of rotatable bonds is 4. The molecule has 4 heterocycles. The summed E-state index contributed by atoms with van der Waals surface area (Å²) in [6.07, 6.45) is -0.196. The molecule has 30 heavy (non-hydrogen) atoms. The molecule has 2 aromatic carbocycles. The Hall–Kier alpha value is -2.84. The largest absolute Gasteiger partial charge is 0.493 e. The maximum Gasteiger partial charge on any atom is 0.231 e. The van der Waals surface area contributed by atoms with E-state index in [1.54, 1.807) is 14.2 Å². The van der Waals surface area contributed by atoms with Gasteiger partial charge >= 0.3 is 0 Å². The van der Waals surface area contributed by atoms with Gasteiger partial charge in [0.15, 0.2) is 23.0 Å². The van der Waals surface area contributed by atoms with E-state index in [2.05, 4.69) is 0 Å². The molecule has 158 valence electrons. The summed E-state index contributed by atoms with van der Waals surface area (Å²) in [6.45, 7) is 1.61. The van der Waals surface area contributed by atoms with Gasteiger partial charge in [0.25, 0.3) is 0 Å². The van der Waals surface area contributed by atoms with Crippen molar-refractivity contribution in [3.05, 3.63) is 35.4 Å². The van der Waals surface area contributed by atoms with E-state index in [-0.39, 0.29) is 37.6 Å². The lowest BCUT2D eigenvalue weighted by Crippen LogP contribution is -2.14. The zero-order chi connectivity index (χ0) is 20.2. The van der Waals surface area contributed by atoms with Gasteiger partial charge in [-0.2, -0.15) is 0 Å². The molecule has 2 fully saturated rings. The van der Waals surface area contributed by atoms with Crippen LogP contribution in [-0.4, -0.2) is 41.0 Å². The van der Waals surface area contributed by atoms with E-state index in [4.69, 9.17) is 37.9 Å². The van der Waals surface area contributed by atoms with Crippen LogP contribution < -0.4 is 28.4 Å². The van der Waals surface area contributed by atoms with Crippen molar-refractivity contribution in [2.24, 2.45) is 11.8 Å². The molecular weight excluding hydrogens is 392 g/mol. The highest BCUT2D eigenvalue weighted by Gasteiger charge is 2.49. The molecule has 8 heteroatoms. The number of hydrogen-bond acceptors (Lipinski definition) is 8. The van der Waals surface area contributed by atoms with Gasteiger partial charge in [0.2, 0.25) is 25.1 Å². The first-order valence-electron chi connectivity index (χ1n) is 9.95. The molecule has 0 amide bonds. The SMILES string of the molecule is COc1cc([C@H]2OC[C@@H]3[C@H]2CO[C@H]3c2cc(OC)c3c(c2)OCO3)cc2c1OCO2. The zero-order valence-electron chi connectivity index (χ0n) is 16.7. The minimum Gasteiger partial charge on any atom is -0.493 e. The van der Waals surface area contributed by atoms with Crippen molar-refractivity contribution in [2.75, 3.05) is 41.0 Å². The molecular formula is C22H22O8. The fraction of sp³-hybridized carbons (Fsp3) is 0.455. The van der Waals surface area contributed by atoms with Gasteiger partial charge in [-0.15, -0.1) is 0 Å². The van der Waals surface area contributed by atoms with E-state index in [0.29, 0.717) is 47.7 Å². The first-order valence-corrected chi connectivity index (χ1v) is 9.95. The van der Waals surface area contributed by atoms with Crippen LogP contribution >= 0.6 is 0 Å². The van der Waals surface area contributed by atoms with Crippen LogP contribution in [0.15, 0.2) is 24.3 Å². The summed E-state index contributed by atoms with van der Waals surface area (Å²) in [4.78, 5) is 0. The third-order valence-electron chi connectivity index (χ3n) is 6.28. The van der Waals surface area contributed by atoms with Crippen LogP contribution in [0, 0.1) is 11.8 Å². The number of benzene rings is 2. The van der Waals surface area contributed by atoms with Gasteiger partial charge in [-0.05, 0) is 35.4 Å². The molecule has 0 unspecified atom stereocenters. The lowest BCUT2D eigenvalue weighted by atomic mass is 9.84. The highest BCUT2D eigenvalue weighted by atomic mass is 16.7. The Morgan fingerprint density at radius 3 is 1.57 bits per heavy atom. The van der Waals surface area contributed by atoms with Gasteiger partial charge < -0.3 is 37.9 Å². The molecule has 0 N–H and O–H groups in total. The third-order valence-corrected chi connectivity index (χ3v) is 6.28. The van der Waals surface area contributed by atoms with Crippen molar-refractivity contribution in [3.63, 3.8) is 0 Å². The van der Waals surface area contributed by atoms with Crippen molar-refractivity contribution in [1.29, 1.82) is 0 Å². The average Bonchev–Trinajstić information content (AvgIpc) is 3.55. The van der Waals surface area contributed by atoms with E-state index in [1.165, 1.54) is 0 Å². The molecule has 4 atom stereocenters. The number of methoxy groups -OCH3 is 2. The van der Waals surface area contributed by atoms with Gasteiger partial charge in [0.05, 0.1) is 39.6 Å². The highest BCUT2D eigenvalue weighted by Crippen LogP contribution is 2.54. The summed E-state index contributed by atoms with van der Waals surface area (Å²) in [5.74, 6) is 4.41. The minimum absolute atomic E-state index is 0.0979. The molecule has 0 bridgehead atoms. The van der Waals surface area contributed by atoms with Crippen LogP contribution in [0.25, 0.3) is 0 Å². The van der Waals surface area contributed by atoms with Gasteiger partial charge in [0, 0.05) is 11.8 Å². The first kappa shape index (κ1) is 18.0. The summed E-state index contributed by atoms with van der Waals surface area (Å²) in [7, 11) is 3.25. The summed E-state index contributed by atoms with van der Waals surface area (Å²) in [5, 5.41) is 0. The van der Waals surface area contributed by atoms with E-state index in [0.717, 1.165) is 11.1 Å². The third kappa shape index (κ3) is 2.60. The Bertz CT molecular complexity index is 910. The average molecular weight is 414 g/mol. The standard InChI is InChI=1S/C22H22O8/c1-23-15-3-11(5-17-21(15)29-9-27-17)19-13-7-26-20(14(13)8-25-19)12-4-16(24-2)22-18(6-12)28-10-30-22/h3-6,13-14,19-20H,7-10H2,1-2H3/t13-,14-,19-,20+/m1/s1. The fourth-order valence-electron chi connectivity index (χ4n) is 4.86. The molecule has 8 nitrogen and oxygen atoms in total. The van der Waals surface area contributed by atoms with Crippen molar-refractivity contribution in [2.45, 2.75) is 12.2 Å². The van der Waals surface area contributed by atoms with E-state index in [9.17, 15) is 0 Å². The zero-order valence-corrected chi connectivity index (χ0v) is 16.7. The van der Waals surface area contributed by atoms with Crippen molar-refractivity contribution in [3.8, 4) is 34.5 Å². The predicted octanol–water partition coefficient (Wildman–Crippen LogP) is 3.24. The second kappa shape index (κ2) is 6.85. The van der Waals surface area contributed by atoms with Crippen molar-refractivity contribution >= 4 is 0 Å². The van der Waals surface area contributed by atoms with Gasteiger partial charge in [0.1, 0.15) is 0 Å². The van der Waals surface area contributed by atoms with Crippen LogP contribution in [0.5, 0.6) is 34.5 Å². The Labute approximate surface area is 173 Å². The molecule has 4 aliphatic rings. The van der Waals surface area contributed by atoms with Crippen LogP contribution in [0.3, 0.4) is 0 Å². The number of fused-ring (bicyclic) bond motifs is 3. The molecule has 0 aromatic heterocycles. The normalized spacial score (nSPS) is 27.9. The van der Waals surface area contributed by atoms with E-state index in [1.807, 2.05) is 24.3 Å². The van der Waals surface area contributed by atoms with Gasteiger partial charge in [-0.3, -0.25) is 0 Å². The molecule has 4 aliphatic heterocycles. The monoisotopic (exact) mass is 414 g/mol. The molecule has 6 rings (SSSR count). The minimum atomic E-state index is -0.0979. The van der Waals surface area contributed by atoms with Gasteiger partial charge in [-0.1, -0.05) is 0 Å². The number of hydrogen-bond donors (Lipinski definition) is 0. The quantitative estimate of drug-likeness (QED) is 0.755. The summed E-state index contributed by atoms with van der Waals surface area (Å²) in [5.41, 5.74) is 2.02. The van der Waals surface area contributed by atoms with Gasteiger partial charge in [-0.25, -0.2) is 0 Å². The predicted molar refractivity (Wildman–Crippen MR) is 103 cm³/mol.